The molecule has 1 fully saturated rings. The van der Waals surface area contributed by atoms with E-state index in [2.05, 4.69) is 5.32 Å². The lowest BCUT2D eigenvalue weighted by molar-refractivity contribution is -0.122. The summed E-state index contributed by atoms with van der Waals surface area (Å²) in [5.41, 5.74) is 2.69. The highest BCUT2D eigenvalue weighted by atomic mass is 16.5. The molecule has 0 radical (unpaired) electrons. The van der Waals surface area contributed by atoms with Crippen molar-refractivity contribution in [3.8, 4) is 5.75 Å². The summed E-state index contributed by atoms with van der Waals surface area (Å²) in [6.45, 7) is 7.57. The Morgan fingerprint density at radius 1 is 0.969 bits per heavy atom. The van der Waals surface area contributed by atoms with Crippen LogP contribution in [0.3, 0.4) is 0 Å². The van der Waals surface area contributed by atoms with Crippen LogP contribution in [0, 0.1) is 13.8 Å². The fraction of sp³-hybridized carbons (Fsp3) is 0.192. The van der Waals surface area contributed by atoms with Gasteiger partial charge in [-0.3, -0.25) is 14.9 Å². The maximum atomic E-state index is 13.4. The molecule has 0 aromatic heterocycles. The van der Waals surface area contributed by atoms with E-state index in [0.717, 1.165) is 26.8 Å². The monoisotopic (exact) mass is 428 g/mol. The molecule has 1 heterocycles. The number of carbonyl (C=O) groups excluding carboxylic acids is 3. The van der Waals surface area contributed by atoms with Crippen molar-refractivity contribution >= 4 is 40.4 Å². The van der Waals surface area contributed by atoms with Gasteiger partial charge >= 0.3 is 6.03 Å². The summed E-state index contributed by atoms with van der Waals surface area (Å²) in [5.74, 6) is -0.847. The number of anilines is 1. The van der Waals surface area contributed by atoms with E-state index in [-0.39, 0.29) is 11.7 Å². The average Bonchev–Trinajstić information content (AvgIpc) is 2.73. The van der Waals surface area contributed by atoms with Crippen LogP contribution >= 0.6 is 0 Å². The zero-order chi connectivity index (χ0) is 23.0. The summed E-state index contributed by atoms with van der Waals surface area (Å²) >= 11 is 0. The third-order valence-electron chi connectivity index (χ3n) is 5.28. The van der Waals surface area contributed by atoms with Crippen LogP contribution in [0.1, 0.15) is 30.5 Å². The van der Waals surface area contributed by atoms with E-state index in [1.54, 1.807) is 6.07 Å². The lowest BCUT2D eigenvalue weighted by Crippen LogP contribution is -2.54. The zero-order valence-corrected chi connectivity index (χ0v) is 18.4. The number of barbiturate groups is 1. The maximum absolute atomic E-state index is 13.4. The largest absolute Gasteiger partial charge is 0.490 e. The van der Waals surface area contributed by atoms with Crippen molar-refractivity contribution in [2.75, 3.05) is 4.90 Å². The molecule has 0 bridgehead atoms. The summed E-state index contributed by atoms with van der Waals surface area (Å²) < 4.78 is 5.96. The molecule has 162 valence electrons. The number of imide groups is 2. The highest BCUT2D eigenvalue weighted by molar-refractivity contribution is 6.39. The number of hydrogen-bond donors (Lipinski definition) is 1. The van der Waals surface area contributed by atoms with Gasteiger partial charge in [-0.2, -0.15) is 0 Å². The van der Waals surface area contributed by atoms with E-state index in [4.69, 9.17) is 4.74 Å². The van der Waals surface area contributed by atoms with E-state index in [0.29, 0.717) is 17.0 Å². The number of fused-ring (bicyclic) bond motifs is 1. The predicted molar refractivity (Wildman–Crippen MR) is 125 cm³/mol. The van der Waals surface area contributed by atoms with Crippen molar-refractivity contribution in [3.63, 3.8) is 0 Å². The maximum Gasteiger partial charge on any atom is 0.335 e. The smallest absolute Gasteiger partial charge is 0.335 e. The van der Waals surface area contributed by atoms with Crippen molar-refractivity contribution in [2.24, 2.45) is 0 Å². The Labute approximate surface area is 186 Å². The number of carbonyl (C=O) groups is 3. The predicted octanol–water partition coefficient (Wildman–Crippen LogP) is 4.91. The summed E-state index contributed by atoms with van der Waals surface area (Å²) in [6.07, 6.45) is 1.42. The molecule has 0 spiro atoms. The van der Waals surface area contributed by atoms with Crippen molar-refractivity contribution in [3.05, 3.63) is 76.9 Å². The van der Waals surface area contributed by atoms with Gasteiger partial charge in [-0.05, 0) is 62.2 Å². The van der Waals surface area contributed by atoms with Gasteiger partial charge in [0.1, 0.15) is 11.3 Å². The topological polar surface area (TPSA) is 75.7 Å². The first kappa shape index (κ1) is 21.3. The third kappa shape index (κ3) is 3.87. The normalized spacial score (nSPS) is 15.6. The van der Waals surface area contributed by atoms with Crippen LogP contribution < -0.4 is 15.0 Å². The lowest BCUT2D eigenvalue weighted by Gasteiger charge is -2.28. The summed E-state index contributed by atoms with van der Waals surface area (Å²) in [4.78, 5) is 39.7. The molecule has 6 heteroatoms. The van der Waals surface area contributed by atoms with E-state index >= 15 is 0 Å². The minimum Gasteiger partial charge on any atom is -0.490 e. The van der Waals surface area contributed by atoms with Crippen LogP contribution in [0.2, 0.25) is 0 Å². The highest BCUT2D eigenvalue weighted by Gasteiger charge is 2.37. The average molecular weight is 428 g/mol. The Hall–Kier alpha value is -3.93. The quantitative estimate of drug-likeness (QED) is 0.473. The van der Waals surface area contributed by atoms with Crippen molar-refractivity contribution in [1.82, 2.24) is 5.32 Å². The Balaban J connectivity index is 1.88. The molecule has 4 rings (SSSR count). The van der Waals surface area contributed by atoms with Crippen LogP contribution in [-0.4, -0.2) is 23.9 Å². The molecule has 4 amide bonds. The number of aryl methyl sites for hydroxylation is 2. The van der Waals surface area contributed by atoms with Gasteiger partial charge in [0, 0.05) is 5.56 Å². The second-order valence-corrected chi connectivity index (χ2v) is 8.11. The van der Waals surface area contributed by atoms with E-state index in [1.165, 1.54) is 6.08 Å². The molecule has 0 atom stereocenters. The van der Waals surface area contributed by atoms with Crippen molar-refractivity contribution in [2.45, 2.75) is 33.8 Å². The Bertz CT molecular complexity index is 1290. The molecule has 1 N–H and O–H groups in total. The summed E-state index contributed by atoms with van der Waals surface area (Å²) in [6, 6.07) is 16.1. The van der Waals surface area contributed by atoms with Gasteiger partial charge in [-0.1, -0.05) is 48.0 Å². The molecule has 32 heavy (non-hydrogen) atoms. The van der Waals surface area contributed by atoms with E-state index in [9.17, 15) is 14.4 Å². The van der Waals surface area contributed by atoms with Gasteiger partial charge in [0.2, 0.25) is 0 Å². The van der Waals surface area contributed by atoms with E-state index in [1.807, 2.05) is 76.2 Å². The number of urea groups is 1. The number of nitrogens with zero attached hydrogens (tertiary/aromatic N) is 1. The number of ether oxygens (including phenoxy) is 1. The molecular weight excluding hydrogens is 404 g/mol. The van der Waals surface area contributed by atoms with Crippen molar-refractivity contribution < 1.29 is 19.1 Å². The fourth-order valence-electron chi connectivity index (χ4n) is 3.86. The third-order valence-corrected chi connectivity index (χ3v) is 5.28. The first-order valence-electron chi connectivity index (χ1n) is 10.4. The first-order valence-corrected chi connectivity index (χ1v) is 10.4. The van der Waals surface area contributed by atoms with Crippen LogP contribution in [0.15, 0.2) is 60.2 Å². The zero-order valence-electron chi connectivity index (χ0n) is 18.4. The lowest BCUT2D eigenvalue weighted by atomic mass is 9.99. The second-order valence-electron chi connectivity index (χ2n) is 8.11. The highest BCUT2D eigenvalue weighted by Crippen LogP contribution is 2.33. The van der Waals surface area contributed by atoms with Gasteiger partial charge < -0.3 is 4.74 Å². The molecule has 0 unspecified atom stereocenters. The Morgan fingerprint density at radius 2 is 1.72 bits per heavy atom. The number of rotatable bonds is 4. The minimum absolute atomic E-state index is 0.0996. The fourth-order valence-corrected chi connectivity index (χ4v) is 3.86. The SMILES string of the molecule is Cc1ccc(N2C(=O)NC(=O)/C(=C\c3c(OC(C)C)ccc4ccccc34)C2=O)c(C)c1. The number of hydrogen-bond acceptors (Lipinski definition) is 4. The first-order chi connectivity index (χ1) is 15.3. The van der Waals surface area contributed by atoms with Crippen LogP contribution in [-0.2, 0) is 9.59 Å². The number of benzene rings is 3. The molecular formula is C26H24N2O4. The van der Waals surface area contributed by atoms with Crippen LogP contribution in [0.25, 0.3) is 16.8 Å². The van der Waals surface area contributed by atoms with Crippen LogP contribution in [0.4, 0.5) is 10.5 Å². The molecule has 0 saturated carbocycles. The molecule has 1 aliphatic rings. The molecule has 0 aliphatic carbocycles. The Kier molecular flexibility index (Phi) is 5.53. The van der Waals surface area contributed by atoms with Gasteiger partial charge in [-0.25, -0.2) is 9.69 Å². The van der Waals surface area contributed by atoms with Gasteiger partial charge in [0.15, 0.2) is 0 Å². The van der Waals surface area contributed by atoms with Crippen LogP contribution in [0.5, 0.6) is 5.75 Å². The molecule has 6 nitrogen and oxygen atoms in total. The Morgan fingerprint density at radius 3 is 2.44 bits per heavy atom. The summed E-state index contributed by atoms with van der Waals surface area (Å²) in [5, 5.41) is 4.08. The molecule has 3 aromatic carbocycles. The van der Waals surface area contributed by atoms with E-state index < -0.39 is 17.8 Å². The van der Waals surface area contributed by atoms with Crippen molar-refractivity contribution in [1.29, 1.82) is 0 Å². The molecule has 1 aliphatic heterocycles. The number of nitrogens with one attached hydrogen (secondary N) is 1. The van der Waals surface area contributed by atoms with Gasteiger partial charge in [0.05, 0.1) is 11.8 Å². The standard InChI is InChI=1S/C26H24N2O4/c1-15(2)32-23-12-10-18-7-5-6-8-19(18)20(23)14-21-24(29)27-26(31)28(25(21)30)22-11-9-16(3)13-17(22)4/h5-15H,1-4H3,(H,27,29,31)/b21-14+. The summed E-state index contributed by atoms with van der Waals surface area (Å²) in [7, 11) is 0. The minimum atomic E-state index is -0.763. The molecule has 3 aromatic rings. The molecule has 1 saturated heterocycles. The van der Waals surface area contributed by atoms with Gasteiger partial charge in [0.25, 0.3) is 11.8 Å². The van der Waals surface area contributed by atoms with Gasteiger partial charge in [-0.15, -0.1) is 0 Å². The second kappa shape index (κ2) is 8.30. The number of amides is 4.